The maximum Gasteiger partial charge on any atom is 0.275 e. The van der Waals surface area contributed by atoms with E-state index in [2.05, 4.69) is 10.4 Å². The summed E-state index contributed by atoms with van der Waals surface area (Å²) in [5.41, 5.74) is 0.380. The van der Waals surface area contributed by atoms with E-state index in [-0.39, 0.29) is 11.5 Å². The Morgan fingerprint density at radius 2 is 2.15 bits per heavy atom. The van der Waals surface area contributed by atoms with E-state index in [1.54, 1.807) is 18.2 Å². The molecule has 0 radical (unpaired) electrons. The lowest BCUT2D eigenvalue weighted by atomic mass is 10.1. The lowest BCUT2D eigenvalue weighted by Gasteiger charge is -2.25. The third-order valence-corrected chi connectivity index (χ3v) is 3.55. The topological polar surface area (TPSA) is 96.3 Å². The average molecular weight is 277 g/mol. The molecule has 0 aliphatic carbocycles. The smallest absolute Gasteiger partial charge is 0.275 e. The number of aromatic amines is 1. The largest absolute Gasteiger partial charge is 0.497 e. The average Bonchev–Trinajstić information content (AvgIpc) is 2.76. The van der Waals surface area contributed by atoms with Gasteiger partial charge in [-0.2, -0.15) is 0 Å². The minimum Gasteiger partial charge on any atom is -0.497 e. The number of piperidine rings is 1. The van der Waals surface area contributed by atoms with Gasteiger partial charge in [0, 0.05) is 0 Å². The molecule has 7 heteroatoms. The normalized spacial score (nSPS) is 22.8. The Bertz CT molecular complexity index is 718. The molecule has 0 bridgehead atoms. The van der Waals surface area contributed by atoms with Crippen molar-refractivity contribution in [3.8, 4) is 5.75 Å². The lowest BCUT2D eigenvalue weighted by molar-refractivity contribution is -0.131. The SMILES string of the molecule is COc1ccc2[nH]n(C3CCC(O)NC3=O)c(=O)c2c1. The summed E-state index contributed by atoms with van der Waals surface area (Å²) in [6.07, 6.45) is -0.00259. The molecule has 1 amide bonds. The van der Waals surface area contributed by atoms with Crippen molar-refractivity contribution < 1.29 is 14.6 Å². The fourth-order valence-corrected chi connectivity index (χ4v) is 2.48. The predicted octanol–water partition coefficient (Wildman–Crippen LogP) is 0.108. The number of amides is 1. The summed E-state index contributed by atoms with van der Waals surface area (Å²) in [6, 6.07) is 4.50. The highest BCUT2D eigenvalue weighted by Crippen LogP contribution is 2.21. The van der Waals surface area contributed by atoms with Crippen LogP contribution in [-0.2, 0) is 4.79 Å². The lowest BCUT2D eigenvalue weighted by Crippen LogP contribution is -2.46. The van der Waals surface area contributed by atoms with Gasteiger partial charge in [0.1, 0.15) is 18.0 Å². The number of carbonyl (C=O) groups excluding carboxylic acids is 1. The maximum absolute atomic E-state index is 12.4. The summed E-state index contributed by atoms with van der Waals surface area (Å²) >= 11 is 0. The number of hydrogen-bond acceptors (Lipinski definition) is 4. The second-order valence-corrected chi connectivity index (χ2v) is 4.82. The highest BCUT2D eigenvalue weighted by Gasteiger charge is 2.30. The molecular formula is C13H15N3O4. The van der Waals surface area contributed by atoms with Gasteiger partial charge in [0.2, 0.25) is 5.91 Å². The number of nitrogens with one attached hydrogen (secondary N) is 2. The number of ether oxygens (including phenoxy) is 1. The van der Waals surface area contributed by atoms with Crippen LogP contribution in [0.2, 0.25) is 0 Å². The second-order valence-electron chi connectivity index (χ2n) is 4.82. The summed E-state index contributed by atoms with van der Waals surface area (Å²) < 4.78 is 6.40. The van der Waals surface area contributed by atoms with Gasteiger partial charge < -0.3 is 15.2 Å². The highest BCUT2D eigenvalue weighted by molar-refractivity contribution is 5.83. The first-order valence-electron chi connectivity index (χ1n) is 6.37. The molecule has 3 N–H and O–H groups in total. The van der Waals surface area contributed by atoms with Crippen LogP contribution in [0.5, 0.6) is 5.75 Å². The van der Waals surface area contributed by atoms with Crippen molar-refractivity contribution in [2.45, 2.75) is 25.1 Å². The molecule has 2 atom stereocenters. The Kier molecular flexibility index (Phi) is 2.98. The Morgan fingerprint density at radius 1 is 1.35 bits per heavy atom. The first-order chi connectivity index (χ1) is 9.60. The number of H-pyrrole nitrogens is 1. The molecule has 1 aromatic carbocycles. The standard InChI is InChI=1S/C13H15N3O4/c1-20-7-2-3-9-8(6-7)13(19)16(15-9)10-4-5-11(17)14-12(10)18/h2-3,6,10-11,15,17H,4-5H2,1H3,(H,14,18). The number of aromatic nitrogens is 2. The fourth-order valence-electron chi connectivity index (χ4n) is 2.48. The van der Waals surface area contributed by atoms with Gasteiger partial charge in [-0.05, 0) is 31.0 Å². The molecule has 3 rings (SSSR count). The number of carbonyl (C=O) groups is 1. The number of nitrogens with zero attached hydrogens (tertiary/aromatic N) is 1. The first kappa shape index (κ1) is 12.7. The van der Waals surface area contributed by atoms with E-state index in [1.807, 2.05) is 0 Å². The van der Waals surface area contributed by atoms with Crippen molar-refractivity contribution in [2.75, 3.05) is 7.11 Å². The number of aliphatic hydroxyl groups is 1. The number of rotatable bonds is 2. The van der Waals surface area contributed by atoms with E-state index < -0.39 is 12.3 Å². The van der Waals surface area contributed by atoms with Crippen molar-refractivity contribution in [3.05, 3.63) is 28.6 Å². The van der Waals surface area contributed by atoms with Crippen molar-refractivity contribution in [1.29, 1.82) is 0 Å². The molecule has 1 aliphatic heterocycles. The summed E-state index contributed by atoms with van der Waals surface area (Å²) in [4.78, 5) is 24.2. The van der Waals surface area contributed by atoms with E-state index in [0.717, 1.165) is 0 Å². The second kappa shape index (κ2) is 4.68. The predicted molar refractivity (Wildman–Crippen MR) is 71.5 cm³/mol. The van der Waals surface area contributed by atoms with Crippen molar-refractivity contribution in [3.63, 3.8) is 0 Å². The fraction of sp³-hybridized carbons (Fsp3) is 0.385. The quantitative estimate of drug-likeness (QED) is 0.725. The molecule has 106 valence electrons. The van der Waals surface area contributed by atoms with Gasteiger partial charge in [-0.3, -0.25) is 14.7 Å². The van der Waals surface area contributed by atoms with Crippen LogP contribution in [0.1, 0.15) is 18.9 Å². The Morgan fingerprint density at radius 3 is 2.85 bits per heavy atom. The van der Waals surface area contributed by atoms with Crippen molar-refractivity contribution >= 4 is 16.8 Å². The van der Waals surface area contributed by atoms with Gasteiger partial charge in [0.25, 0.3) is 5.56 Å². The third kappa shape index (κ3) is 1.96. The van der Waals surface area contributed by atoms with E-state index in [0.29, 0.717) is 29.5 Å². The van der Waals surface area contributed by atoms with Gasteiger partial charge in [0.05, 0.1) is 18.0 Å². The number of methoxy groups -OCH3 is 1. The monoisotopic (exact) mass is 277 g/mol. The maximum atomic E-state index is 12.4. The Labute approximate surface area is 114 Å². The summed E-state index contributed by atoms with van der Waals surface area (Å²) in [5.74, 6) is 0.230. The van der Waals surface area contributed by atoms with Gasteiger partial charge in [-0.25, -0.2) is 4.68 Å². The minimum atomic E-state index is -0.834. The molecule has 2 aromatic rings. The van der Waals surface area contributed by atoms with E-state index >= 15 is 0 Å². The summed E-state index contributed by atoms with van der Waals surface area (Å²) in [6.45, 7) is 0. The van der Waals surface area contributed by atoms with Crippen molar-refractivity contribution in [2.24, 2.45) is 0 Å². The molecular weight excluding hydrogens is 262 g/mol. The van der Waals surface area contributed by atoms with Gasteiger partial charge in [0.15, 0.2) is 0 Å². The number of aliphatic hydroxyl groups excluding tert-OH is 1. The van der Waals surface area contributed by atoms with Gasteiger partial charge in [-0.15, -0.1) is 0 Å². The van der Waals surface area contributed by atoms with E-state index in [4.69, 9.17) is 4.74 Å². The van der Waals surface area contributed by atoms with E-state index in [9.17, 15) is 14.7 Å². The zero-order valence-corrected chi connectivity index (χ0v) is 10.9. The number of benzene rings is 1. The molecule has 0 spiro atoms. The van der Waals surface area contributed by atoms with Gasteiger partial charge >= 0.3 is 0 Å². The molecule has 1 aromatic heterocycles. The van der Waals surface area contributed by atoms with Crippen LogP contribution in [0.15, 0.2) is 23.0 Å². The Hall–Kier alpha value is -2.28. The summed E-state index contributed by atoms with van der Waals surface area (Å²) in [5, 5.41) is 15.2. The van der Waals surface area contributed by atoms with Crippen LogP contribution in [0.4, 0.5) is 0 Å². The number of fused-ring (bicyclic) bond motifs is 1. The molecule has 1 fully saturated rings. The minimum absolute atomic E-state index is 0.268. The molecule has 1 saturated heterocycles. The molecule has 2 heterocycles. The van der Waals surface area contributed by atoms with Gasteiger partial charge in [-0.1, -0.05) is 0 Å². The summed E-state index contributed by atoms with van der Waals surface area (Å²) in [7, 11) is 1.53. The molecule has 0 saturated carbocycles. The van der Waals surface area contributed by atoms with Crippen LogP contribution >= 0.6 is 0 Å². The molecule has 2 unspecified atom stereocenters. The molecule has 1 aliphatic rings. The molecule has 20 heavy (non-hydrogen) atoms. The Balaban J connectivity index is 2.06. The first-order valence-corrected chi connectivity index (χ1v) is 6.37. The van der Waals surface area contributed by atoms with E-state index in [1.165, 1.54) is 11.8 Å². The van der Waals surface area contributed by atoms with Crippen LogP contribution in [0, 0.1) is 0 Å². The molecule has 7 nitrogen and oxygen atoms in total. The van der Waals surface area contributed by atoms with Crippen LogP contribution in [0.3, 0.4) is 0 Å². The van der Waals surface area contributed by atoms with Crippen LogP contribution in [-0.4, -0.2) is 34.1 Å². The van der Waals surface area contributed by atoms with Crippen molar-refractivity contribution in [1.82, 2.24) is 15.1 Å². The van der Waals surface area contributed by atoms with Crippen LogP contribution in [0.25, 0.3) is 10.9 Å². The number of hydrogen-bond donors (Lipinski definition) is 3. The zero-order chi connectivity index (χ0) is 14.3. The highest BCUT2D eigenvalue weighted by atomic mass is 16.5. The third-order valence-electron chi connectivity index (χ3n) is 3.55. The zero-order valence-electron chi connectivity index (χ0n) is 10.9. The van der Waals surface area contributed by atoms with Crippen LogP contribution < -0.4 is 15.6 Å².